The summed E-state index contributed by atoms with van der Waals surface area (Å²) in [6.45, 7) is 1.04. The maximum atomic E-state index is 12.7. The predicted octanol–water partition coefficient (Wildman–Crippen LogP) is 2.06. The van der Waals surface area contributed by atoms with Gasteiger partial charge in [-0.3, -0.25) is 0 Å². The highest BCUT2D eigenvalue weighted by Crippen LogP contribution is 2.22. The van der Waals surface area contributed by atoms with E-state index in [2.05, 4.69) is 12.1 Å². The lowest BCUT2D eigenvalue weighted by atomic mass is 10.0. The molecule has 0 fully saturated rings. The molecular formula is C16H18N2O2S. The van der Waals surface area contributed by atoms with Gasteiger partial charge in [-0.05, 0) is 48.2 Å². The Kier molecular flexibility index (Phi) is 3.69. The fourth-order valence-corrected chi connectivity index (χ4v) is 4.12. The Balaban J connectivity index is 1.86. The Morgan fingerprint density at radius 3 is 1.90 bits per heavy atom. The standard InChI is InChI=1S/C16H18N2O2S/c17-15-5-7-16(8-6-15)21(19,20)18-11-9-13-3-1-2-4-14(13)10-12-18/h1-8H,9-12,17H2. The monoisotopic (exact) mass is 302 g/mol. The molecule has 0 spiro atoms. The van der Waals surface area contributed by atoms with Gasteiger partial charge in [-0.1, -0.05) is 24.3 Å². The molecule has 2 aromatic rings. The van der Waals surface area contributed by atoms with E-state index < -0.39 is 10.0 Å². The lowest BCUT2D eigenvalue weighted by Gasteiger charge is -2.20. The zero-order valence-corrected chi connectivity index (χ0v) is 12.5. The van der Waals surface area contributed by atoms with Crippen LogP contribution in [0.2, 0.25) is 0 Å². The molecule has 110 valence electrons. The molecule has 0 unspecified atom stereocenters. The van der Waals surface area contributed by atoms with Crippen molar-refractivity contribution in [2.24, 2.45) is 0 Å². The molecule has 0 aliphatic carbocycles. The van der Waals surface area contributed by atoms with Crippen LogP contribution in [0.4, 0.5) is 5.69 Å². The van der Waals surface area contributed by atoms with E-state index in [0.29, 0.717) is 23.7 Å². The summed E-state index contributed by atoms with van der Waals surface area (Å²) < 4.78 is 26.9. The van der Waals surface area contributed by atoms with Gasteiger partial charge in [0.15, 0.2) is 0 Å². The summed E-state index contributed by atoms with van der Waals surface area (Å²) in [6.07, 6.45) is 1.51. The fraction of sp³-hybridized carbons (Fsp3) is 0.250. The van der Waals surface area contributed by atoms with Crippen LogP contribution in [-0.2, 0) is 22.9 Å². The first kappa shape index (κ1) is 14.1. The smallest absolute Gasteiger partial charge is 0.243 e. The van der Waals surface area contributed by atoms with Crippen LogP contribution in [0.3, 0.4) is 0 Å². The van der Waals surface area contributed by atoms with Crippen molar-refractivity contribution in [2.75, 3.05) is 18.8 Å². The zero-order valence-electron chi connectivity index (χ0n) is 11.7. The Hall–Kier alpha value is -1.85. The van der Waals surface area contributed by atoms with E-state index in [1.54, 1.807) is 28.6 Å². The topological polar surface area (TPSA) is 63.4 Å². The third-order valence-electron chi connectivity index (χ3n) is 3.90. The molecule has 1 aliphatic rings. The Labute approximate surface area is 125 Å². The van der Waals surface area contributed by atoms with Gasteiger partial charge in [-0.2, -0.15) is 4.31 Å². The molecule has 0 amide bonds. The van der Waals surface area contributed by atoms with Crippen molar-refractivity contribution < 1.29 is 8.42 Å². The van der Waals surface area contributed by atoms with Gasteiger partial charge in [0.05, 0.1) is 4.90 Å². The normalized spacial score (nSPS) is 16.2. The van der Waals surface area contributed by atoms with Crippen molar-refractivity contribution in [1.82, 2.24) is 4.31 Å². The van der Waals surface area contributed by atoms with Crippen molar-refractivity contribution >= 4 is 15.7 Å². The Bertz CT molecular complexity index is 712. The number of rotatable bonds is 2. The number of hydrogen-bond donors (Lipinski definition) is 1. The average Bonchev–Trinajstić information content (AvgIpc) is 2.70. The molecule has 0 atom stereocenters. The van der Waals surface area contributed by atoms with E-state index in [4.69, 9.17) is 5.73 Å². The van der Waals surface area contributed by atoms with Crippen molar-refractivity contribution in [1.29, 1.82) is 0 Å². The number of nitrogen functional groups attached to an aromatic ring is 1. The molecule has 2 aromatic carbocycles. The van der Waals surface area contributed by atoms with Gasteiger partial charge in [0, 0.05) is 18.8 Å². The van der Waals surface area contributed by atoms with Crippen molar-refractivity contribution in [3.8, 4) is 0 Å². The Morgan fingerprint density at radius 1 is 0.857 bits per heavy atom. The predicted molar refractivity (Wildman–Crippen MR) is 83.5 cm³/mol. The number of fused-ring (bicyclic) bond motifs is 1. The molecule has 21 heavy (non-hydrogen) atoms. The zero-order chi connectivity index (χ0) is 14.9. The molecule has 2 N–H and O–H groups in total. The van der Waals surface area contributed by atoms with Crippen LogP contribution in [0.25, 0.3) is 0 Å². The van der Waals surface area contributed by atoms with Crippen LogP contribution in [0.1, 0.15) is 11.1 Å². The first-order chi connectivity index (χ1) is 10.1. The van der Waals surface area contributed by atoms with Gasteiger partial charge in [-0.15, -0.1) is 0 Å². The molecule has 1 aliphatic heterocycles. The maximum Gasteiger partial charge on any atom is 0.243 e. The highest BCUT2D eigenvalue weighted by atomic mass is 32.2. The highest BCUT2D eigenvalue weighted by Gasteiger charge is 2.26. The summed E-state index contributed by atoms with van der Waals surface area (Å²) in [5.74, 6) is 0. The van der Waals surface area contributed by atoms with Crippen LogP contribution in [0.5, 0.6) is 0 Å². The van der Waals surface area contributed by atoms with Gasteiger partial charge in [0.25, 0.3) is 0 Å². The van der Waals surface area contributed by atoms with Crippen LogP contribution < -0.4 is 5.73 Å². The summed E-state index contributed by atoms with van der Waals surface area (Å²) in [6, 6.07) is 14.6. The molecule has 0 aromatic heterocycles. The van der Waals surface area contributed by atoms with E-state index in [-0.39, 0.29) is 0 Å². The molecule has 0 radical (unpaired) electrons. The van der Waals surface area contributed by atoms with E-state index in [1.165, 1.54) is 11.1 Å². The summed E-state index contributed by atoms with van der Waals surface area (Å²) in [4.78, 5) is 0.308. The van der Waals surface area contributed by atoms with Crippen molar-refractivity contribution in [3.05, 3.63) is 59.7 Å². The third kappa shape index (κ3) is 2.80. The fourth-order valence-electron chi connectivity index (χ4n) is 2.68. The second-order valence-electron chi connectivity index (χ2n) is 5.24. The lowest BCUT2D eigenvalue weighted by molar-refractivity contribution is 0.426. The van der Waals surface area contributed by atoms with Crippen LogP contribution in [0.15, 0.2) is 53.4 Å². The molecule has 5 heteroatoms. The van der Waals surface area contributed by atoms with Gasteiger partial charge in [-0.25, -0.2) is 8.42 Å². The van der Waals surface area contributed by atoms with Gasteiger partial charge < -0.3 is 5.73 Å². The Morgan fingerprint density at radius 2 is 1.38 bits per heavy atom. The molecule has 0 saturated heterocycles. The number of anilines is 1. The second-order valence-corrected chi connectivity index (χ2v) is 7.18. The quantitative estimate of drug-likeness (QED) is 0.864. The van der Waals surface area contributed by atoms with Gasteiger partial charge >= 0.3 is 0 Å². The first-order valence-corrected chi connectivity index (χ1v) is 8.44. The van der Waals surface area contributed by atoms with Gasteiger partial charge in [0.1, 0.15) is 0 Å². The molecule has 1 heterocycles. The maximum absolute atomic E-state index is 12.7. The highest BCUT2D eigenvalue weighted by molar-refractivity contribution is 7.89. The summed E-state index contributed by atoms with van der Waals surface area (Å²) >= 11 is 0. The summed E-state index contributed by atoms with van der Waals surface area (Å²) in [5, 5.41) is 0. The number of hydrogen-bond acceptors (Lipinski definition) is 3. The third-order valence-corrected chi connectivity index (χ3v) is 5.81. The number of nitrogens with two attached hydrogens (primary N) is 1. The SMILES string of the molecule is Nc1ccc(S(=O)(=O)N2CCc3ccccc3CC2)cc1. The van der Waals surface area contributed by atoms with E-state index in [1.807, 2.05) is 12.1 Å². The van der Waals surface area contributed by atoms with Crippen molar-refractivity contribution in [2.45, 2.75) is 17.7 Å². The largest absolute Gasteiger partial charge is 0.399 e. The van der Waals surface area contributed by atoms with E-state index >= 15 is 0 Å². The van der Waals surface area contributed by atoms with Gasteiger partial charge in [0.2, 0.25) is 10.0 Å². The van der Waals surface area contributed by atoms with Crippen LogP contribution in [0, 0.1) is 0 Å². The van der Waals surface area contributed by atoms with Crippen LogP contribution >= 0.6 is 0 Å². The molecular weight excluding hydrogens is 284 g/mol. The minimum Gasteiger partial charge on any atom is -0.399 e. The van der Waals surface area contributed by atoms with Crippen molar-refractivity contribution in [3.63, 3.8) is 0 Å². The van der Waals surface area contributed by atoms with Crippen LogP contribution in [-0.4, -0.2) is 25.8 Å². The summed E-state index contributed by atoms with van der Waals surface area (Å²) in [7, 11) is -3.44. The molecule has 0 bridgehead atoms. The number of benzene rings is 2. The molecule has 4 nitrogen and oxygen atoms in total. The second kappa shape index (κ2) is 5.50. The first-order valence-electron chi connectivity index (χ1n) is 7.00. The number of sulfonamides is 1. The summed E-state index contributed by atoms with van der Waals surface area (Å²) in [5.41, 5.74) is 8.68. The lowest BCUT2D eigenvalue weighted by Crippen LogP contribution is -2.33. The number of nitrogens with zero attached hydrogens (tertiary/aromatic N) is 1. The minimum atomic E-state index is -3.44. The van der Waals surface area contributed by atoms with E-state index in [0.717, 1.165) is 12.8 Å². The molecule has 0 saturated carbocycles. The minimum absolute atomic E-state index is 0.308. The molecule has 3 rings (SSSR count). The average molecular weight is 302 g/mol. The van der Waals surface area contributed by atoms with E-state index in [9.17, 15) is 8.42 Å².